The van der Waals surface area contributed by atoms with Crippen LogP contribution in [0.5, 0.6) is 5.75 Å². The van der Waals surface area contributed by atoms with Crippen molar-refractivity contribution in [3.63, 3.8) is 0 Å². The molecular formula is C14H16BrNO4. The molecule has 0 aliphatic heterocycles. The van der Waals surface area contributed by atoms with Crippen molar-refractivity contribution >= 4 is 27.8 Å². The van der Waals surface area contributed by atoms with E-state index in [1.165, 1.54) is 14.0 Å². The van der Waals surface area contributed by atoms with Crippen molar-refractivity contribution in [1.82, 2.24) is 5.32 Å². The molecule has 1 atom stereocenters. The number of rotatable bonds is 6. The van der Waals surface area contributed by atoms with Crippen molar-refractivity contribution in [2.24, 2.45) is 0 Å². The Hall–Kier alpha value is -1.82. The van der Waals surface area contributed by atoms with E-state index in [-0.39, 0.29) is 5.91 Å². The van der Waals surface area contributed by atoms with Crippen LogP contribution in [-0.2, 0) is 9.53 Å². The Kier molecular flexibility index (Phi) is 6.24. The van der Waals surface area contributed by atoms with E-state index in [0.29, 0.717) is 22.3 Å². The lowest BCUT2D eigenvalue weighted by molar-refractivity contribution is -0.128. The van der Waals surface area contributed by atoms with Gasteiger partial charge in [0, 0.05) is 11.0 Å². The van der Waals surface area contributed by atoms with Gasteiger partial charge in [-0.05, 0) is 41.1 Å². The lowest BCUT2D eigenvalue weighted by Crippen LogP contribution is -2.35. The van der Waals surface area contributed by atoms with Crippen molar-refractivity contribution in [2.45, 2.75) is 13.0 Å². The van der Waals surface area contributed by atoms with Gasteiger partial charge in [-0.3, -0.25) is 4.79 Å². The van der Waals surface area contributed by atoms with Gasteiger partial charge < -0.3 is 14.8 Å². The highest BCUT2D eigenvalue weighted by molar-refractivity contribution is 9.10. The Morgan fingerprint density at radius 2 is 2.20 bits per heavy atom. The van der Waals surface area contributed by atoms with Gasteiger partial charge in [-0.15, -0.1) is 6.58 Å². The van der Waals surface area contributed by atoms with E-state index in [1.807, 2.05) is 0 Å². The number of hydrogen-bond donors (Lipinski definition) is 1. The molecule has 1 rings (SSSR count). The summed E-state index contributed by atoms with van der Waals surface area (Å²) >= 11 is 3.26. The summed E-state index contributed by atoms with van der Waals surface area (Å²) < 4.78 is 10.7. The molecule has 0 aliphatic carbocycles. The molecule has 0 heterocycles. The fourth-order valence-electron chi connectivity index (χ4n) is 1.38. The van der Waals surface area contributed by atoms with Crippen molar-refractivity contribution in [3.05, 3.63) is 40.9 Å². The fraction of sp³-hybridized carbons (Fsp3) is 0.286. The first-order valence-corrected chi connectivity index (χ1v) is 6.72. The lowest BCUT2D eigenvalue weighted by atomic mass is 10.2. The molecule has 0 aromatic heterocycles. The molecule has 0 saturated heterocycles. The zero-order valence-electron chi connectivity index (χ0n) is 11.3. The van der Waals surface area contributed by atoms with E-state index in [1.54, 1.807) is 24.3 Å². The molecule has 0 radical (unpaired) electrons. The summed E-state index contributed by atoms with van der Waals surface area (Å²) in [6.07, 6.45) is 0.658. The Morgan fingerprint density at radius 1 is 1.50 bits per heavy atom. The SMILES string of the molecule is C=CCNC(=O)[C@H](C)OC(=O)c1cc(OC)ccc1Br. The Labute approximate surface area is 126 Å². The monoisotopic (exact) mass is 341 g/mol. The largest absolute Gasteiger partial charge is 0.497 e. The van der Waals surface area contributed by atoms with E-state index in [2.05, 4.69) is 27.8 Å². The minimum Gasteiger partial charge on any atom is -0.497 e. The Bertz CT molecular complexity index is 516. The number of ether oxygens (including phenoxy) is 2. The van der Waals surface area contributed by atoms with Crippen molar-refractivity contribution in [3.8, 4) is 5.75 Å². The van der Waals surface area contributed by atoms with Gasteiger partial charge in [0.15, 0.2) is 6.10 Å². The molecule has 1 amide bonds. The smallest absolute Gasteiger partial charge is 0.340 e. The van der Waals surface area contributed by atoms with E-state index in [4.69, 9.17) is 9.47 Å². The van der Waals surface area contributed by atoms with Crippen LogP contribution in [0.3, 0.4) is 0 Å². The van der Waals surface area contributed by atoms with Gasteiger partial charge in [-0.25, -0.2) is 4.79 Å². The summed E-state index contributed by atoms with van der Waals surface area (Å²) in [5.74, 6) is -0.446. The molecule has 0 aliphatic rings. The first-order chi connectivity index (χ1) is 9.49. The van der Waals surface area contributed by atoms with Crippen LogP contribution in [0.4, 0.5) is 0 Å². The maximum absolute atomic E-state index is 12.0. The lowest BCUT2D eigenvalue weighted by Gasteiger charge is -2.13. The second-order valence-electron chi connectivity index (χ2n) is 3.93. The molecule has 108 valence electrons. The average Bonchev–Trinajstić information content (AvgIpc) is 2.44. The van der Waals surface area contributed by atoms with Crippen LogP contribution >= 0.6 is 15.9 Å². The van der Waals surface area contributed by atoms with Gasteiger partial charge >= 0.3 is 5.97 Å². The number of methoxy groups -OCH3 is 1. The average molecular weight is 342 g/mol. The maximum Gasteiger partial charge on any atom is 0.340 e. The van der Waals surface area contributed by atoms with Crippen LogP contribution in [-0.4, -0.2) is 31.6 Å². The van der Waals surface area contributed by atoms with Crippen LogP contribution in [0.15, 0.2) is 35.3 Å². The summed E-state index contributed by atoms with van der Waals surface area (Å²) in [6, 6.07) is 4.93. The minimum atomic E-state index is -0.888. The number of amides is 1. The van der Waals surface area contributed by atoms with Gasteiger partial charge in [-0.1, -0.05) is 6.08 Å². The van der Waals surface area contributed by atoms with Crippen LogP contribution in [0.1, 0.15) is 17.3 Å². The molecule has 5 nitrogen and oxygen atoms in total. The number of carbonyl (C=O) groups is 2. The molecule has 1 N–H and O–H groups in total. The highest BCUT2D eigenvalue weighted by Crippen LogP contribution is 2.23. The maximum atomic E-state index is 12.0. The van der Waals surface area contributed by atoms with Gasteiger partial charge in [-0.2, -0.15) is 0 Å². The standard InChI is InChI=1S/C14H16BrNO4/c1-4-7-16-13(17)9(2)20-14(18)11-8-10(19-3)5-6-12(11)15/h4-6,8-9H,1,7H2,2-3H3,(H,16,17)/t9-/m0/s1. The summed E-state index contributed by atoms with van der Waals surface area (Å²) in [4.78, 5) is 23.6. The van der Waals surface area contributed by atoms with Gasteiger partial charge in [0.2, 0.25) is 0 Å². The highest BCUT2D eigenvalue weighted by atomic mass is 79.9. The third-order valence-corrected chi connectivity index (χ3v) is 3.16. The predicted octanol–water partition coefficient (Wildman–Crippen LogP) is 2.31. The number of benzene rings is 1. The van der Waals surface area contributed by atoms with Crippen molar-refractivity contribution in [2.75, 3.05) is 13.7 Å². The summed E-state index contributed by atoms with van der Waals surface area (Å²) in [7, 11) is 1.50. The molecule has 20 heavy (non-hydrogen) atoms. The summed E-state index contributed by atoms with van der Waals surface area (Å²) in [6.45, 7) is 5.32. The third kappa shape index (κ3) is 4.38. The van der Waals surface area contributed by atoms with Crippen LogP contribution < -0.4 is 10.1 Å². The van der Waals surface area contributed by atoms with Crippen LogP contribution in [0, 0.1) is 0 Å². The molecule has 0 spiro atoms. The number of nitrogens with one attached hydrogen (secondary N) is 1. The fourth-order valence-corrected chi connectivity index (χ4v) is 1.79. The zero-order chi connectivity index (χ0) is 15.1. The van der Waals surface area contributed by atoms with E-state index in [9.17, 15) is 9.59 Å². The van der Waals surface area contributed by atoms with Crippen molar-refractivity contribution in [1.29, 1.82) is 0 Å². The molecule has 0 saturated carbocycles. The van der Waals surface area contributed by atoms with Gasteiger partial charge in [0.1, 0.15) is 5.75 Å². The minimum absolute atomic E-state index is 0.299. The molecule has 0 fully saturated rings. The Balaban J connectivity index is 2.75. The normalized spacial score (nSPS) is 11.3. The number of halogens is 1. The number of hydrogen-bond acceptors (Lipinski definition) is 4. The second-order valence-corrected chi connectivity index (χ2v) is 4.78. The van der Waals surface area contributed by atoms with Crippen LogP contribution in [0.2, 0.25) is 0 Å². The molecule has 0 unspecified atom stereocenters. The summed E-state index contributed by atoms with van der Waals surface area (Å²) in [5, 5.41) is 2.56. The van der Waals surface area contributed by atoms with E-state index in [0.717, 1.165) is 0 Å². The number of esters is 1. The topological polar surface area (TPSA) is 64.6 Å². The molecular weight excluding hydrogens is 326 g/mol. The van der Waals surface area contributed by atoms with Gasteiger partial charge in [0.05, 0.1) is 12.7 Å². The molecule has 1 aromatic rings. The first-order valence-electron chi connectivity index (χ1n) is 5.92. The van der Waals surface area contributed by atoms with Gasteiger partial charge in [0.25, 0.3) is 5.91 Å². The quantitative estimate of drug-likeness (QED) is 0.637. The number of carbonyl (C=O) groups excluding carboxylic acids is 2. The highest BCUT2D eigenvalue weighted by Gasteiger charge is 2.20. The third-order valence-electron chi connectivity index (χ3n) is 2.47. The van der Waals surface area contributed by atoms with Crippen molar-refractivity contribution < 1.29 is 19.1 Å². The summed E-state index contributed by atoms with van der Waals surface area (Å²) in [5.41, 5.74) is 0.299. The van der Waals surface area contributed by atoms with E-state index < -0.39 is 12.1 Å². The Morgan fingerprint density at radius 3 is 2.80 bits per heavy atom. The molecule has 6 heteroatoms. The zero-order valence-corrected chi connectivity index (χ0v) is 12.9. The van der Waals surface area contributed by atoms with E-state index >= 15 is 0 Å². The first kappa shape index (κ1) is 16.2. The molecule has 1 aromatic carbocycles. The second kappa shape index (κ2) is 7.69. The van der Waals surface area contributed by atoms with Crippen LogP contribution in [0.25, 0.3) is 0 Å². The predicted molar refractivity (Wildman–Crippen MR) is 78.8 cm³/mol. The molecule has 0 bridgehead atoms.